The summed E-state index contributed by atoms with van der Waals surface area (Å²) in [6.45, 7) is 2.00. The van der Waals surface area contributed by atoms with Crippen molar-refractivity contribution in [1.29, 1.82) is 0 Å². The summed E-state index contributed by atoms with van der Waals surface area (Å²) in [5, 5.41) is 31.7. The Bertz CT molecular complexity index is 1220. The number of amides is 1. The maximum Gasteiger partial charge on any atom is 0.234 e. The standard InChI is InChI=1S/C23H20N4O3S/c1-15-9-11-17(12-10-15)27-22(19-7-2-3-8-20(19)29)25-26-23(27)31-14-21(30)24-16-5-4-6-18(28)13-16/h2-13,28-29H,14H2,1H3,(H,24,30). The van der Waals surface area contributed by atoms with E-state index in [1.54, 1.807) is 30.3 Å². The van der Waals surface area contributed by atoms with E-state index in [2.05, 4.69) is 15.5 Å². The molecule has 0 unspecified atom stereocenters. The van der Waals surface area contributed by atoms with Crippen LogP contribution in [0.3, 0.4) is 0 Å². The Hall–Kier alpha value is -3.78. The van der Waals surface area contributed by atoms with Crippen molar-refractivity contribution in [2.75, 3.05) is 11.1 Å². The van der Waals surface area contributed by atoms with Crippen molar-refractivity contribution >= 4 is 23.4 Å². The lowest BCUT2D eigenvalue weighted by Gasteiger charge is -2.11. The average Bonchev–Trinajstić information content (AvgIpc) is 3.17. The van der Waals surface area contributed by atoms with Crippen molar-refractivity contribution in [3.05, 3.63) is 78.4 Å². The number of hydrogen-bond acceptors (Lipinski definition) is 6. The highest BCUT2D eigenvalue weighted by atomic mass is 32.2. The maximum absolute atomic E-state index is 12.4. The molecule has 31 heavy (non-hydrogen) atoms. The van der Waals surface area contributed by atoms with Gasteiger partial charge < -0.3 is 15.5 Å². The predicted molar refractivity (Wildman–Crippen MR) is 121 cm³/mol. The monoisotopic (exact) mass is 432 g/mol. The van der Waals surface area contributed by atoms with E-state index < -0.39 is 0 Å². The zero-order valence-corrected chi connectivity index (χ0v) is 17.5. The topological polar surface area (TPSA) is 100 Å². The van der Waals surface area contributed by atoms with E-state index in [9.17, 15) is 15.0 Å². The summed E-state index contributed by atoms with van der Waals surface area (Å²) in [6, 6.07) is 21.1. The van der Waals surface area contributed by atoms with Gasteiger partial charge in [-0.25, -0.2) is 0 Å². The second-order valence-electron chi connectivity index (χ2n) is 6.88. The van der Waals surface area contributed by atoms with Crippen molar-refractivity contribution in [2.45, 2.75) is 12.1 Å². The number of aryl methyl sites for hydroxylation is 1. The van der Waals surface area contributed by atoms with Gasteiger partial charge in [0, 0.05) is 17.4 Å². The molecule has 1 aromatic heterocycles. The van der Waals surface area contributed by atoms with Crippen molar-refractivity contribution in [3.63, 3.8) is 0 Å². The largest absolute Gasteiger partial charge is 0.508 e. The first kappa shape index (κ1) is 20.5. The van der Waals surface area contributed by atoms with Crippen LogP contribution >= 0.6 is 11.8 Å². The van der Waals surface area contributed by atoms with Crippen LogP contribution in [-0.2, 0) is 4.79 Å². The number of carbonyl (C=O) groups is 1. The molecular formula is C23H20N4O3S. The summed E-state index contributed by atoms with van der Waals surface area (Å²) in [6.07, 6.45) is 0. The zero-order chi connectivity index (χ0) is 21.8. The summed E-state index contributed by atoms with van der Waals surface area (Å²) in [7, 11) is 0. The zero-order valence-electron chi connectivity index (χ0n) is 16.7. The van der Waals surface area contributed by atoms with Gasteiger partial charge in [-0.15, -0.1) is 10.2 Å². The molecule has 4 aromatic rings. The molecule has 0 bridgehead atoms. The van der Waals surface area contributed by atoms with Gasteiger partial charge in [0.15, 0.2) is 11.0 Å². The van der Waals surface area contributed by atoms with Crippen LogP contribution in [0.2, 0.25) is 0 Å². The van der Waals surface area contributed by atoms with Gasteiger partial charge in [0.2, 0.25) is 5.91 Å². The third-order valence-electron chi connectivity index (χ3n) is 4.53. The van der Waals surface area contributed by atoms with E-state index in [-0.39, 0.29) is 23.2 Å². The summed E-state index contributed by atoms with van der Waals surface area (Å²) < 4.78 is 1.82. The van der Waals surface area contributed by atoms with E-state index >= 15 is 0 Å². The molecule has 0 aliphatic heterocycles. The van der Waals surface area contributed by atoms with Crippen LogP contribution in [-0.4, -0.2) is 36.6 Å². The van der Waals surface area contributed by atoms with Crippen LogP contribution in [0.5, 0.6) is 11.5 Å². The van der Waals surface area contributed by atoms with Crippen LogP contribution < -0.4 is 5.32 Å². The number of phenols is 2. The molecule has 1 heterocycles. The molecule has 1 amide bonds. The fraction of sp³-hybridized carbons (Fsp3) is 0.0870. The molecule has 4 rings (SSSR count). The van der Waals surface area contributed by atoms with Gasteiger partial charge in [-0.3, -0.25) is 9.36 Å². The minimum atomic E-state index is -0.238. The fourth-order valence-corrected chi connectivity index (χ4v) is 3.79. The first-order valence-corrected chi connectivity index (χ1v) is 10.5. The van der Waals surface area contributed by atoms with E-state index in [4.69, 9.17) is 0 Å². The Morgan fingerprint density at radius 3 is 2.52 bits per heavy atom. The van der Waals surface area contributed by atoms with Gasteiger partial charge in [-0.1, -0.05) is 47.7 Å². The van der Waals surface area contributed by atoms with E-state index in [1.807, 2.05) is 41.8 Å². The molecule has 0 atom stereocenters. The van der Waals surface area contributed by atoms with Gasteiger partial charge in [0.25, 0.3) is 0 Å². The Morgan fingerprint density at radius 2 is 1.77 bits per heavy atom. The van der Waals surface area contributed by atoms with Crippen molar-refractivity contribution in [2.24, 2.45) is 0 Å². The quantitative estimate of drug-likeness (QED) is 0.391. The van der Waals surface area contributed by atoms with Crippen LogP contribution in [0.25, 0.3) is 17.1 Å². The first-order valence-electron chi connectivity index (χ1n) is 9.54. The molecule has 0 spiro atoms. The second-order valence-corrected chi connectivity index (χ2v) is 7.82. The molecule has 0 fully saturated rings. The van der Waals surface area contributed by atoms with Gasteiger partial charge in [0.05, 0.1) is 11.3 Å². The molecule has 3 aromatic carbocycles. The molecular weight excluding hydrogens is 412 g/mol. The molecule has 156 valence electrons. The number of hydrogen-bond donors (Lipinski definition) is 3. The van der Waals surface area contributed by atoms with Crippen LogP contribution in [0, 0.1) is 6.92 Å². The Kier molecular flexibility index (Phi) is 5.90. The smallest absolute Gasteiger partial charge is 0.234 e. The molecule has 0 saturated carbocycles. The lowest BCUT2D eigenvalue weighted by molar-refractivity contribution is -0.113. The molecule has 7 nitrogen and oxygen atoms in total. The van der Waals surface area contributed by atoms with Crippen LogP contribution in [0.15, 0.2) is 78.0 Å². The minimum Gasteiger partial charge on any atom is -0.508 e. The number of anilines is 1. The molecule has 3 N–H and O–H groups in total. The van der Waals surface area contributed by atoms with Crippen LogP contribution in [0.1, 0.15) is 5.56 Å². The van der Waals surface area contributed by atoms with Gasteiger partial charge in [0.1, 0.15) is 11.5 Å². The number of aromatic hydroxyl groups is 2. The molecule has 0 saturated heterocycles. The normalized spacial score (nSPS) is 10.7. The number of para-hydroxylation sites is 1. The highest BCUT2D eigenvalue weighted by Gasteiger charge is 2.19. The maximum atomic E-state index is 12.4. The highest BCUT2D eigenvalue weighted by Crippen LogP contribution is 2.32. The summed E-state index contributed by atoms with van der Waals surface area (Å²) in [4.78, 5) is 12.4. The molecule has 0 radical (unpaired) electrons. The van der Waals surface area contributed by atoms with E-state index in [0.717, 1.165) is 11.3 Å². The Balaban J connectivity index is 1.62. The summed E-state index contributed by atoms with van der Waals surface area (Å²) >= 11 is 1.23. The number of benzene rings is 3. The first-order chi connectivity index (χ1) is 15.0. The number of aromatic nitrogens is 3. The highest BCUT2D eigenvalue weighted by molar-refractivity contribution is 7.99. The van der Waals surface area contributed by atoms with E-state index in [1.165, 1.54) is 23.9 Å². The molecule has 0 aliphatic carbocycles. The minimum absolute atomic E-state index is 0.0804. The fourth-order valence-electron chi connectivity index (χ4n) is 3.04. The summed E-state index contributed by atoms with van der Waals surface area (Å²) in [5.41, 5.74) is 3.00. The summed E-state index contributed by atoms with van der Waals surface area (Å²) in [5.74, 6) is 0.523. The third-order valence-corrected chi connectivity index (χ3v) is 5.46. The lowest BCUT2D eigenvalue weighted by atomic mass is 10.1. The number of phenolic OH excluding ortho intramolecular Hbond substituents is 2. The number of nitrogens with zero attached hydrogens (tertiary/aromatic N) is 3. The molecule has 8 heteroatoms. The second kappa shape index (κ2) is 8.93. The SMILES string of the molecule is Cc1ccc(-n2c(SCC(=O)Nc3cccc(O)c3)nnc2-c2ccccc2O)cc1. The number of carbonyl (C=O) groups excluding carboxylic acids is 1. The molecule has 0 aliphatic rings. The van der Waals surface area contributed by atoms with Crippen molar-refractivity contribution in [1.82, 2.24) is 14.8 Å². The van der Waals surface area contributed by atoms with Crippen molar-refractivity contribution in [3.8, 4) is 28.6 Å². The van der Waals surface area contributed by atoms with E-state index in [0.29, 0.717) is 22.2 Å². The number of thioether (sulfide) groups is 1. The third kappa shape index (κ3) is 4.70. The number of nitrogens with one attached hydrogen (secondary N) is 1. The Morgan fingerprint density at radius 1 is 1.00 bits per heavy atom. The Labute approximate surface area is 183 Å². The number of rotatable bonds is 6. The van der Waals surface area contributed by atoms with Crippen molar-refractivity contribution < 1.29 is 15.0 Å². The van der Waals surface area contributed by atoms with Gasteiger partial charge >= 0.3 is 0 Å². The van der Waals surface area contributed by atoms with Gasteiger partial charge in [-0.2, -0.15) is 0 Å². The van der Waals surface area contributed by atoms with Crippen LogP contribution in [0.4, 0.5) is 5.69 Å². The predicted octanol–water partition coefficient (Wildman–Crippen LogP) is 4.38. The lowest BCUT2D eigenvalue weighted by Crippen LogP contribution is -2.14. The average molecular weight is 433 g/mol. The van der Waals surface area contributed by atoms with Gasteiger partial charge in [-0.05, 0) is 43.3 Å².